The smallest absolute Gasteiger partial charge is 0.0355 e. The molecule has 0 spiro atoms. The lowest BCUT2D eigenvalue weighted by Crippen LogP contribution is -1.77. The van der Waals surface area contributed by atoms with Crippen molar-refractivity contribution in [1.29, 1.82) is 0 Å². The Morgan fingerprint density at radius 1 is 0.636 bits per heavy atom. The largest absolute Gasteiger partial charge is 0.135 e. The standard InChI is InChI=1S/C21H16S/c1-15-9-11-17(12-10-15)20-13-14-21(22-20)19-8-4-6-16-5-2-3-7-18(16)19/h2-14H,1H3. The maximum Gasteiger partial charge on any atom is 0.0355 e. The van der Waals surface area contributed by atoms with E-state index in [0.717, 1.165) is 0 Å². The molecule has 3 aromatic carbocycles. The number of aryl methyl sites for hydroxylation is 1. The second-order valence-corrected chi connectivity index (χ2v) is 6.64. The fourth-order valence-corrected chi connectivity index (χ4v) is 3.85. The van der Waals surface area contributed by atoms with E-state index in [4.69, 9.17) is 0 Å². The van der Waals surface area contributed by atoms with E-state index in [9.17, 15) is 0 Å². The average Bonchev–Trinajstić information content (AvgIpc) is 3.05. The predicted octanol–water partition coefficient (Wildman–Crippen LogP) is 6.54. The van der Waals surface area contributed by atoms with E-state index < -0.39 is 0 Å². The van der Waals surface area contributed by atoms with Crippen LogP contribution in [0.15, 0.2) is 78.9 Å². The number of fused-ring (bicyclic) bond motifs is 1. The molecule has 0 aliphatic carbocycles. The van der Waals surface area contributed by atoms with Gasteiger partial charge in [-0.15, -0.1) is 11.3 Å². The Hall–Kier alpha value is -2.38. The molecule has 0 aliphatic rings. The van der Waals surface area contributed by atoms with E-state index in [1.54, 1.807) is 0 Å². The van der Waals surface area contributed by atoms with Gasteiger partial charge in [-0.2, -0.15) is 0 Å². The number of hydrogen-bond donors (Lipinski definition) is 0. The Balaban J connectivity index is 1.82. The quantitative estimate of drug-likeness (QED) is 0.394. The van der Waals surface area contributed by atoms with Gasteiger partial charge in [-0.25, -0.2) is 0 Å². The Kier molecular flexibility index (Phi) is 3.28. The molecule has 4 rings (SSSR count). The van der Waals surface area contributed by atoms with Gasteiger partial charge in [-0.1, -0.05) is 72.3 Å². The van der Waals surface area contributed by atoms with E-state index in [1.807, 2.05) is 11.3 Å². The zero-order valence-electron chi connectivity index (χ0n) is 12.4. The number of thiophene rings is 1. The molecular weight excluding hydrogens is 284 g/mol. The van der Waals surface area contributed by atoms with Gasteiger partial charge in [0.15, 0.2) is 0 Å². The van der Waals surface area contributed by atoms with Crippen molar-refractivity contribution in [2.45, 2.75) is 6.92 Å². The Bertz CT molecular complexity index is 924. The molecule has 0 atom stereocenters. The van der Waals surface area contributed by atoms with E-state index in [1.165, 1.54) is 37.2 Å². The highest BCUT2D eigenvalue weighted by Crippen LogP contribution is 2.37. The first kappa shape index (κ1) is 13.3. The summed E-state index contributed by atoms with van der Waals surface area (Å²) in [6, 6.07) is 28.3. The van der Waals surface area contributed by atoms with E-state index in [-0.39, 0.29) is 0 Å². The van der Waals surface area contributed by atoms with Crippen LogP contribution in [-0.2, 0) is 0 Å². The third-order valence-electron chi connectivity index (χ3n) is 4.00. The van der Waals surface area contributed by atoms with Crippen molar-refractivity contribution >= 4 is 22.1 Å². The van der Waals surface area contributed by atoms with Crippen molar-refractivity contribution in [3.8, 4) is 20.9 Å². The van der Waals surface area contributed by atoms with Crippen LogP contribution in [-0.4, -0.2) is 0 Å². The first-order valence-corrected chi connectivity index (χ1v) is 8.28. The summed E-state index contributed by atoms with van der Waals surface area (Å²) in [5.74, 6) is 0. The van der Waals surface area contributed by atoms with Gasteiger partial charge < -0.3 is 0 Å². The van der Waals surface area contributed by atoms with Crippen molar-refractivity contribution in [2.75, 3.05) is 0 Å². The molecule has 0 fully saturated rings. The first-order valence-electron chi connectivity index (χ1n) is 7.46. The molecular formula is C21H16S. The maximum atomic E-state index is 2.24. The van der Waals surface area contributed by atoms with Crippen LogP contribution in [0.25, 0.3) is 31.7 Å². The van der Waals surface area contributed by atoms with Crippen molar-refractivity contribution in [3.63, 3.8) is 0 Å². The number of hydrogen-bond acceptors (Lipinski definition) is 1. The van der Waals surface area contributed by atoms with Crippen LogP contribution in [0.4, 0.5) is 0 Å². The highest BCUT2D eigenvalue weighted by atomic mass is 32.1. The lowest BCUT2D eigenvalue weighted by molar-refractivity contribution is 1.48. The number of benzene rings is 3. The molecule has 0 N–H and O–H groups in total. The molecule has 0 bridgehead atoms. The van der Waals surface area contributed by atoms with E-state index >= 15 is 0 Å². The molecule has 106 valence electrons. The zero-order chi connectivity index (χ0) is 14.9. The number of rotatable bonds is 2. The van der Waals surface area contributed by atoms with Crippen molar-refractivity contribution in [2.24, 2.45) is 0 Å². The van der Waals surface area contributed by atoms with Crippen LogP contribution in [0.1, 0.15) is 5.56 Å². The van der Waals surface area contributed by atoms with E-state index in [0.29, 0.717) is 0 Å². The van der Waals surface area contributed by atoms with Crippen LogP contribution in [0.3, 0.4) is 0 Å². The molecule has 0 amide bonds. The lowest BCUT2D eigenvalue weighted by atomic mass is 10.0. The first-order chi connectivity index (χ1) is 10.8. The van der Waals surface area contributed by atoms with Gasteiger partial charge in [0.25, 0.3) is 0 Å². The molecule has 1 aromatic heterocycles. The molecule has 0 unspecified atom stereocenters. The SMILES string of the molecule is Cc1ccc(-c2ccc(-c3cccc4ccccc34)s2)cc1. The average molecular weight is 300 g/mol. The molecule has 4 aromatic rings. The van der Waals surface area contributed by atoms with Gasteiger partial charge in [0.1, 0.15) is 0 Å². The van der Waals surface area contributed by atoms with Gasteiger partial charge in [0.05, 0.1) is 0 Å². The van der Waals surface area contributed by atoms with Crippen LogP contribution in [0, 0.1) is 6.92 Å². The molecule has 0 saturated carbocycles. The molecule has 0 saturated heterocycles. The van der Waals surface area contributed by atoms with E-state index in [2.05, 4.69) is 85.8 Å². The van der Waals surface area contributed by atoms with Gasteiger partial charge in [0.2, 0.25) is 0 Å². The van der Waals surface area contributed by atoms with Crippen LogP contribution < -0.4 is 0 Å². The highest BCUT2D eigenvalue weighted by molar-refractivity contribution is 7.18. The Morgan fingerprint density at radius 2 is 1.36 bits per heavy atom. The molecule has 1 heterocycles. The van der Waals surface area contributed by atoms with Gasteiger partial charge in [-0.3, -0.25) is 0 Å². The second kappa shape index (κ2) is 5.43. The normalized spacial score (nSPS) is 11.0. The third-order valence-corrected chi connectivity index (χ3v) is 5.16. The summed E-state index contributed by atoms with van der Waals surface area (Å²) in [5, 5.41) is 2.62. The van der Waals surface area contributed by atoms with Gasteiger partial charge >= 0.3 is 0 Å². The summed E-state index contributed by atoms with van der Waals surface area (Å²) in [6.07, 6.45) is 0. The fraction of sp³-hybridized carbons (Fsp3) is 0.0476. The Morgan fingerprint density at radius 3 is 2.23 bits per heavy atom. The molecule has 0 nitrogen and oxygen atoms in total. The summed E-state index contributed by atoms with van der Waals surface area (Å²) in [5.41, 5.74) is 3.91. The molecule has 0 radical (unpaired) electrons. The third kappa shape index (κ3) is 2.34. The van der Waals surface area contributed by atoms with Crippen LogP contribution >= 0.6 is 11.3 Å². The topological polar surface area (TPSA) is 0 Å². The second-order valence-electron chi connectivity index (χ2n) is 5.56. The van der Waals surface area contributed by atoms with Gasteiger partial charge in [0, 0.05) is 9.75 Å². The summed E-state index contributed by atoms with van der Waals surface area (Å²) < 4.78 is 0. The Labute approximate surface area is 134 Å². The highest BCUT2D eigenvalue weighted by Gasteiger charge is 2.07. The minimum absolute atomic E-state index is 1.29. The monoisotopic (exact) mass is 300 g/mol. The molecule has 1 heteroatoms. The van der Waals surface area contributed by atoms with Gasteiger partial charge in [-0.05, 0) is 41.0 Å². The van der Waals surface area contributed by atoms with Crippen molar-refractivity contribution in [3.05, 3.63) is 84.4 Å². The minimum atomic E-state index is 1.29. The molecule has 22 heavy (non-hydrogen) atoms. The van der Waals surface area contributed by atoms with Crippen LogP contribution in [0.2, 0.25) is 0 Å². The summed E-state index contributed by atoms with van der Waals surface area (Å²) in [6.45, 7) is 2.12. The van der Waals surface area contributed by atoms with Crippen molar-refractivity contribution in [1.82, 2.24) is 0 Å². The summed E-state index contributed by atoms with van der Waals surface area (Å²) in [4.78, 5) is 2.65. The molecule has 0 aliphatic heterocycles. The lowest BCUT2D eigenvalue weighted by Gasteiger charge is -2.04. The maximum absolute atomic E-state index is 2.24. The summed E-state index contributed by atoms with van der Waals surface area (Å²) >= 11 is 1.86. The zero-order valence-corrected chi connectivity index (χ0v) is 13.2. The fourth-order valence-electron chi connectivity index (χ4n) is 2.80. The predicted molar refractivity (Wildman–Crippen MR) is 97.4 cm³/mol. The van der Waals surface area contributed by atoms with Crippen LogP contribution in [0.5, 0.6) is 0 Å². The van der Waals surface area contributed by atoms with Crippen molar-refractivity contribution < 1.29 is 0 Å². The summed E-state index contributed by atoms with van der Waals surface area (Å²) in [7, 11) is 0. The minimum Gasteiger partial charge on any atom is -0.135 e.